The monoisotopic (exact) mass is 364 g/mol. The highest BCUT2D eigenvalue weighted by Crippen LogP contribution is 2.63. The van der Waals surface area contributed by atoms with Crippen LogP contribution in [0.5, 0.6) is 0 Å². The minimum absolute atomic E-state index is 0.380. The van der Waals surface area contributed by atoms with Gasteiger partial charge in [0.2, 0.25) is 0 Å². The highest BCUT2D eigenvalue weighted by Gasteiger charge is 2.56. The maximum absolute atomic E-state index is 11.0. The lowest BCUT2D eigenvalue weighted by molar-refractivity contribution is -0.146. The maximum Gasteiger partial charge on any atom is 0.0883 e. The third kappa shape index (κ3) is 3.16. The van der Waals surface area contributed by atoms with Crippen LogP contribution >= 0.6 is 0 Å². The second kappa shape index (κ2) is 7.37. The van der Waals surface area contributed by atoms with Crippen LogP contribution in [0.2, 0.25) is 0 Å². The van der Waals surface area contributed by atoms with Gasteiger partial charge < -0.3 is 14.9 Å². The number of hydrogen-bond donors (Lipinski definition) is 2. The van der Waals surface area contributed by atoms with E-state index in [-0.39, 0.29) is 0 Å². The summed E-state index contributed by atoms with van der Waals surface area (Å²) in [6.45, 7) is 6.14. The molecule has 0 aliphatic heterocycles. The molecule has 150 valence electrons. The number of aliphatic hydroxyl groups excluding tert-OH is 1. The Bertz CT molecular complexity index is 494. The molecule has 0 aromatic carbocycles. The third-order valence-corrected chi connectivity index (χ3v) is 9.34. The molecule has 26 heavy (non-hydrogen) atoms. The first-order valence-corrected chi connectivity index (χ1v) is 11.4. The molecule has 4 rings (SSSR count). The number of ether oxygens (including phenoxy) is 1. The normalized spacial score (nSPS) is 51.2. The van der Waals surface area contributed by atoms with Gasteiger partial charge in [0.1, 0.15) is 0 Å². The first-order valence-electron chi connectivity index (χ1n) is 11.4. The number of fused-ring (bicyclic) bond motifs is 5. The smallest absolute Gasteiger partial charge is 0.0883 e. The van der Waals surface area contributed by atoms with Gasteiger partial charge in [-0.2, -0.15) is 0 Å². The van der Waals surface area contributed by atoms with Crippen molar-refractivity contribution >= 4 is 0 Å². The Balaban J connectivity index is 1.47. The van der Waals surface area contributed by atoms with E-state index in [1.165, 1.54) is 51.4 Å². The lowest BCUT2D eigenvalue weighted by atomic mass is 9.45. The third-order valence-electron chi connectivity index (χ3n) is 9.34. The van der Waals surface area contributed by atoms with Crippen LogP contribution in [0.3, 0.4) is 0 Å². The van der Waals surface area contributed by atoms with Gasteiger partial charge >= 0.3 is 0 Å². The fraction of sp³-hybridized carbons (Fsp3) is 1.00. The molecule has 0 amide bonds. The van der Waals surface area contributed by atoms with Gasteiger partial charge in [-0.1, -0.05) is 13.3 Å². The number of hydrogen-bond acceptors (Lipinski definition) is 3. The summed E-state index contributed by atoms with van der Waals surface area (Å²) in [7, 11) is 0. The fourth-order valence-corrected chi connectivity index (χ4v) is 8.00. The summed E-state index contributed by atoms with van der Waals surface area (Å²) in [4.78, 5) is 0. The van der Waals surface area contributed by atoms with Crippen LogP contribution in [0.25, 0.3) is 0 Å². The number of rotatable bonds is 4. The van der Waals surface area contributed by atoms with E-state index in [4.69, 9.17) is 4.74 Å². The second-order valence-electron chi connectivity index (χ2n) is 10.4. The molecule has 0 heterocycles. The molecule has 4 fully saturated rings. The molecule has 0 spiro atoms. The van der Waals surface area contributed by atoms with Crippen molar-refractivity contribution in [1.82, 2.24) is 0 Å². The van der Waals surface area contributed by atoms with Gasteiger partial charge in [-0.05, 0) is 106 Å². The highest BCUT2D eigenvalue weighted by molar-refractivity contribution is 5.05. The van der Waals surface area contributed by atoms with E-state index in [1.807, 2.05) is 6.92 Å². The van der Waals surface area contributed by atoms with Gasteiger partial charge in [0, 0.05) is 13.2 Å². The minimum Gasteiger partial charge on any atom is -0.396 e. The Morgan fingerprint density at radius 3 is 2.54 bits per heavy atom. The summed E-state index contributed by atoms with van der Waals surface area (Å²) in [5.74, 6) is 4.65. The van der Waals surface area contributed by atoms with Crippen molar-refractivity contribution in [2.75, 3.05) is 19.8 Å². The zero-order valence-corrected chi connectivity index (χ0v) is 17.0. The molecule has 0 aromatic rings. The molecular formula is C23H40O3. The predicted molar refractivity (Wildman–Crippen MR) is 104 cm³/mol. The average Bonchev–Trinajstić information content (AvgIpc) is 2.65. The molecule has 0 aromatic heterocycles. The van der Waals surface area contributed by atoms with Crippen LogP contribution in [0, 0.1) is 40.9 Å². The summed E-state index contributed by atoms with van der Waals surface area (Å²) in [6.07, 6.45) is 12.4. The Labute approximate surface area is 159 Å². The molecule has 4 saturated carbocycles. The highest BCUT2D eigenvalue weighted by atomic mass is 16.5. The van der Waals surface area contributed by atoms with Gasteiger partial charge in [0.25, 0.3) is 0 Å². The van der Waals surface area contributed by atoms with E-state index in [2.05, 4.69) is 6.92 Å². The van der Waals surface area contributed by atoms with Crippen molar-refractivity contribution in [2.24, 2.45) is 40.9 Å². The van der Waals surface area contributed by atoms with Gasteiger partial charge in [-0.25, -0.2) is 0 Å². The van der Waals surface area contributed by atoms with Gasteiger partial charge in [0.05, 0.1) is 12.2 Å². The van der Waals surface area contributed by atoms with E-state index >= 15 is 0 Å². The van der Waals surface area contributed by atoms with E-state index in [0.717, 1.165) is 36.5 Å². The zero-order valence-electron chi connectivity index (χ0n) is 17.0. The quantitative estimate of drug-likeness (QED) is 0.777. The molecule has 4 aliphatic carbocycles. The molecule has 8 atom stereocenters. The van der Waals surface area contributed by atoms with Crippen molar-refractivity contribution in [3.63, 3.8) is 0 Å². The molecule has 0 bridgehead atoms. The van der Waals surface area contributed by atoms with Crippen LogP contribution in [-0.2, 0) is 4.74 Å². The van der Waals surface area contributed by atoms with Crippen molar-refractivity contribution in [2.45, 2.75) is 83.7 Å². The van der Waals surface area contributed by atoms with E-state index in [0.29, 0.717) is 37.1 Å². The molecule has 4 aliphatic rings. The first-order chi connectivity index (χ1) is 12.5. The Morgan fingerprint density at radius 1 is 0.962 bits per heavy atom. The topological polar surface area (TPSA) is 49.7 Å². The first kappa shape index (κ1) is 19.2. The van der Waals surface area contributed by atoms with Crippen LogP contribution in [0.4, 0.5) is 0 Å². The minimum atomic E-state index is -0.569. The molecule has 3 nitrogen and oxygen atoms in total. The Hall–Kier alpha value is -0.120. The predicted octanol–water partition coefficient (Wildman–Crippen LogP) is 4.41. The molecular weight excluding hydrogens is 324 g/mol. The van der Waals surface area contributed by atoms with E-state index in [1.54, 1.807) is 0 Å². The largest absolute Gasteiger partial charge is 0.396 e. The Morgan fingerprint density at radius 2 is 1.77 bits per heavy atom. The standard InChI is InChI=1S/C23H40O3/c1-3-26-15-23(25)12-10-18-16(13-23)7-8-20-19(18)9-11-22(2)17(14-24)5-4-6-21(20)22/h16-21,24-25H,3-15H2,1-2H3/t16-,17-,18+,19-,20-,21+,22-,23-/m1/s1. The molecule has 3 heteroatoms. The zero-order chi connectivity index (χ0) is 18.4. The van der Waals surface area contributed by atoms with E-state index in [9.17, 15) is 10.2 Å². The molecule has 0 saturated heterocycles. The summed E-state index contributed by atoms with van der Waals surface area (Å²) in [5.41, 5.74) is -0.189. The van der Waals surface area contributed by atoms with Crippen molar-refractivity contribution in [3.05, 3.63) is 0 Å². The summed E-state index contributed by atoms with van der Waals surface area (Å²) in [6, 6.07) is 0. The van der Waals surface area contributed by atoms with Crippen LogP contribution < -0.4 is 0 Å². The van der Waals surface area contributed by atoms with Gasteiger partial charge in [0.15, 0.2) is 0 Å². The van der Waals surface area contributed by atoms with Gasteiger partial charge in [-0.3, -0.25) is 0 Å². The molecule has 0 radical (unpaired) electrons. The number of aliphatic hydroxyl groups is 2. The molecule has 0 unspecified atom stereocenters. The molecule has 2 N–H and O–H groups in total. The van der Waals surface area contributed by atoms with Crippen LogP contribution in [0.15, 0.2) is 0 Å². The van der Waals surface area contributed by atoms with Crippen molar-refractivity contribution in [1.29, 1.82) is 0 Å². The van der Waals surface area contributed by atoms with Crippen molar-refractivity contribution < 1.29 is 14.9 Å². The lowest BCUT2D eigenvalue weighted by Crippen LogP contribution is -2.55. The summed E-state index contributed by atoms with van der Waals surface area (Å²) < 4.78 is 5.60. The maximum atomic E-state index is 11.0. The van der Waals surface area contributed by atoms with Crippen LogP contribution in [0.1, 0.15) is 78.1 Å². The SMILES string of the molecule is CCOC[C@@]1(O)CC[C@H]2[C@H](CC[C@@H]3[C@@H]2CC[C@]2(C)[C@@H](CO)CCC[C@@H]32)C1. The fourth-order valence-electron chi connectivity index (χ4n) is 8.00. The second-order valence-corrected chi connectivity index (χ2v) is 10.4. The summed E-state index contributed by atoms with van der Waals surface area (Å²) in [5, 5.41) is 20.9. The van der Waals surface area contributed by atoms with Crippen LogP contribution in [-0.4, -0.2) is 35.6 Å². The summed E-state index contributed by atoms with van der Waals surface area (Å²) >= 11 is 0. The van der Waals surface area contributed by atoms with E-state index < -0.39 is 5.60 Å². The average molecular weight is 365 g/mol. The Kier molecular flexibility index (Phi) is 5.44. The lowest BCUT2D eigenvalue weighted by Gasteiger charge is -2.61. The van der Waals surface area contributed by atoms with Gasteiger partial charge in [-0.15, -0.1) is 0 Å². The van der Waals surface area contributed by atoms with Crippen molar-refractivity contribution in [3.8, 4) is 0 Å².